The van der Waals surface area contributed by atoms with Crippen LogP contribution in [0.15, 0.2) is 22.7 Å². The van der Waals surface area contributed by atoms with Crippen molar-refractivity contribution in [2.45, 2.75) is 34.3 Å². The van der Waals surface area contributed by atoms with E-state index >= 15 is 0 Å². The third kappa shape index (κ3) is 4.70. The molecule has 0 bridgehead atoms. The van der Waals surface area contributed by atoms with Crippen molar-refractivity contribution in [2.24, 2.45) is 0 Å². The lowest BCUT2D eigenvalue weighted by Gasteiger charge is -2.33. The molecule has 1 saturated heterocycles. The van der Waals surface area contributed by atoms with Crippen molar-refractivity contribution in [1.29, 1.82) is 0 Å². The third-order valence-corrected chi connectivity index (χ3v) is 5.14. The second kappa shape index (κ2) is 8.98. The standard InChI is InChI=1S/C21H27N3O5/c1-5-27-21(26)24-10-8-23(9-11-24)20(25)19-18(16(4)29-22-19)13-28-17-7-6-14(2)15(3)12-17/h6-7,12H,5,8-11,13H2,1-4H3. The lowest BCUT2D eigenvalue weighted by atomic mass is 10.1. The number of aromatic nitrogens is 1. The first-order valence-corrected chi connectivity index (χ1v) is 9.76. The molecule has 1 aliphatic rings. The molecule has 3 rings (SSSR count). The summed E-state index contributed by atoms with van der Waals surface area (Å²) in [4.78, 5) is 28.1. The zero-order chi connectivity index (χ0) is 21.0. The first-order valence-electron chi connectivity index (χ1n) is 9.76. The fraction of sp³-hybridized carbons (Fsp3) is 0.476. The van der Waals surface area contributed by atoms with Gasteiger partial charge in [-0.25, -0.2) is 4.79 Å². The number of hydrogen-bond donors (Lipinski definition) is 0. The minimum atomic E-state index is -0.348. The summed E-state index contributed by atoms with van der Waals surface area (Å²) in [7, 11) is 0. The molecule has 1 aliphatic heterocycles. The second-order valence-electron chi connectivity index (χ2n) is 7.08. The molecule has 2 heterocycles. The van der Waals surface area contributed by atoms with Crippen molar-refractivity contribution >= 4 is 12.0 Å². The molecule has 0 atom stereocenters. The van der Waals surface area contributed by atoms with Crippen LogP contribution >= 0.6 is 0 Å². The monoisotopic (exact) mass is 401 g/mol. The fourth-order valence-electron chi connectivity index (χ4n) is 3.14. The van der Waals surface area contributed by atoms with E-state index in [9.17, 15) is 9.59 Å². The number of nitrogens with zero attached hydrogens (tertiary/aromatic N) is 3. The number of carbonyl (C=O) groups excluding carboxylic acids is 2. The Morgan fingerprint density at radius 3 is 2.41 bits per heavy atom. The number of ether oxygens (including phenoxy) is 2. The van der Waals surface area contributed by atoms with Crippen LogP contribution in [0.3, 0.4) is 0 Å². The maximum absolute atomic E-state index is 13.0. The molecule has 8 nitrogen and oxygen atoms in total. The number of benzene rings is 1. The molecule has 156 valence electrons. The van der Waals surface area contributed by atoms with E-state index in [2.05, 4.69) is 5.16 Å². The highest BCUT2D eigenvalue weighted by molar-refractivity contribution is 5.94. The van der Waals surface area contributed by atoms with Crippen LogP contribution in [0.5, 0.6) is 5.75 Å². The van der Waals surface area contributed by atoms with Gasteiger partial charge in [0.1, 0.15) is 18.1 Å². The van der Waals surface area contributed by atoms with Crippen LogP contribution in [0.1, 0.15) is 39.9 Å². The Kier molecular flexibility index (Phi) is 6.41. The molecule has 0 radical (unpaired) electrons. The molecule has 1 aromatic carbocycles. The van der Waals surface area contributed by atoms with Crippen LogP contribution in [0, 0.1) is 20.8 Å². The van der Waals surface area contributed by atoms with E-state index in [1.807, 2.05) is 32.0 Å². The van der Waals surface area contributed by atoms with E-state index in [1.165, 1.54) is 5.56 Å². The van der Waals surface area contributed by atoms with Gasteiger partial charge >= 0.3 is 6.09 Å². The topological polar surface area (TPSA) is 85.1 Å². The Balaban J connectivity index is 1.65. The van der Waals surface area contributed by atoms with Crippen molar-refractivity contribution in [3.8, 4) is 5.75 Å². The van der Waals surface area contributed by atoms with Crippen LogP contribution in [0.25, 0.3) is 0 Å². The highest BCUT2D eigenvalue weighted by Crippen LogP contribution is 2.21. The molecule has 2 amide bonds. The highest BCUT2D eigenvalue weighted by Gasteiger charge is 2.29. The van der Waals surface area contributed by atoms with Crippen LogP contribution < -0.4 is 4.74 Å². The van der Waals surface area contributed by atoms with Gasteiger partial charge in [0.05, 0.1) is 12.2 Å². The zero-order valence-corrected chi connectivity index (χ0v) is 17.4. The Labute approximate surface area is 170 Å². The second-order valence-corrected chi connectivity index (χ2v) is 7.08. The van der Waals surface area contributed by atoms with E-state index in [0.29, 0.717) is 44.1 Å². The van der Waals surface area contributed by atoms with E-state index in [0.717, 1.165) is 11.3 Å². The Morgan fingerprint density at radius 1 is 1.07 bits per heavy atom. The Hall–Kier alpha value is -3.03. The summed E-state index contributed by atoms with van der Waals surface area (Å²) in [5, 5.41) is 3.97. The number of amides is 2. The summed E-state index contributed by atoms with van der Waals surface area (Å²) in [5.41, 5.74) is 3.23. The number of aryl methyl sites for hydroxylation is 3. The SMILES string of the molecule is CCOC(=O)N1CCN(C(=O)c2noc(C)c2COc2ccc(C)c(C)c2)CC1. The number of carbonyl (C=O) groups is 2. The summed E-state index contributed by atoms with van der Waals surface area (Å²) in [6, 6.07) is 5.87. The van der Waals surface area contributed by atoms with Crippen molar-refractivity contribution in [2.75, 3.05) is 32.8 Å². The summed E-state index contributed by atoms with van der Waals surface area (Å²) in [6.07, 6.45) is -0.348. The predicted molar refractivity (Wildman–Crippen MR) is 106 cm³/mol. The van der Waals surface area contributed by atoms with Gasteiger partial charge < -0.3 is 23.8 Å². The largest absolute Gasteiger partial charge is 0.489 e. The van der Waals surface area contributed by atoms with Gasteiger partial charge in [0, 0.05) is 26.2 Å². The fourth-order valence-corrected chi connectivity index (χ4v) is 3.14. The molecule has 0 aliphatic carbocycles. The van der Waals surface area contributed by atoms with E-state index in [1.54, 1.807) is 23.6 Å². The Bertz CT molecular complexity index is 884. The first-order chi connectivity index (χ1) is 13.9. The van der Waals surface area contributed by atoms with Crippen molar-refractivity contribution in [3.63, 3.8) is 0 Å². The van der Waals surface area contributed by atoms with Gasteiger partial charge in [-0.1, -0.05) is 11.2 Å². The van der Waals surface area contributed by atoms with Gasteiger partial charge in [-0.05, 0) is 51.0 Å². The van der Waals surface area contributed by atoms with Gasteiger partial charge in [0.2, 0.25) is 0 Å². The van der Waals surface area contributed by atoms with Gasteiger partial charge in [0.25, 0.3) is 5.91 Å². The van der Waals surface area contributed by atoms with Gasteiger partial charge in [-0.3, -0.25) is 4.79 Å². The molecule has 0 saturated carbocycles. The molecule has 29 heavy (non-hydrogen) atoms. The molecule has 1 aromatic heterocycles. The number of rotatable bonds is 5. The average molecular weight is 401 g/mol. The van der Waals surface area contributed by atoms with Crippen LogP contribution in [-0.2, 0) is 11.3 Å². The minimum Gasteiger partial charge on any atom is -0.489 e. The molecular formula is C21H27N3O5. The van der Waals surface area contributed by atoms with Crippen molar-refractivity contribution < 1.29 is 23.6 Å². The smallest absolute Gasteiger partial charge is 0.409 e. The molecule has 1 fully saturated rings. The maximum atomic E-state index is 13.0. The predicted octanol–water partition coefficient (Wildman–Crippen LogP) is 3.09. The molecule has 0 N–H and O–H groups in total. The van der Waals surface area contributed by atoms with Crippen LogP contribution in [-0.4, -0.2) is 59.7 Å². The zero-order valence-electron chi connectivity index (χ0n) is 17.4. The normalized spacial score (nSPS) is 14.1. The van der Waals surface area contributed by atoms with Crippen molar-refractivity contribution in [3.05, 3.63) is 46.3 Å². The lowest BCUT2D eigenvalue weighted by Crippen LogP contribution is -2.51. The van der Waals surface area contributed by atoms with Gasteiger partial charge in [-0.15, -0.1) is 0 Å². The van der Waals surface area contributed by atoms with Gasteiger partial charge in [0.15, 0.2) is 5.69 Å². The minimum absolute atomic E-state index is 0.196. The maximum Gasteiger partial charge on any atom is 0.409 e. The summed E-state index contributed by atoms with van der Waals surface area (Å²) in [5.74, 6) is 1.07. The Morgan fingerprint density at radius 2 is 1.76 bits per heavy atom. The van der Waals surface area contributed by atoms with Crippen LogP contribution in [0.4, 0.5) is 4.79 Å². The van der Waals surface area contributed by atoms with E-state index in [-0.39, 0.29) is 24.3 Å². The lowest BCUT2D eigenvalue weighted by molar-refractivity contribution is 0.0560. The number of hydrogen-bond acceptors (Lipinski definition) is 6. The average Bonchev–Trinajstić information content (AvgIpc) is 3.09. The molecule has 8 heteroatoms. The highest BCUT2D eigenvalue weighted by atomic mass is 16.6. The molecular weight excluding hydrogens is 374 g/mol. The molecule has 0 unspecified atom stereocenters. The van der Waals surface area contributed by atoms with Gasteiger partial charge in [-0.2, -0.15) is 0 Å². The summed E-state index contributed by atoms with van der Waals surface area (Å²) < 4.78 is 16.2. The number of piperazine rings is 1. The van der Waals surface area contributed by atoms with Crippen LogP contribution in [0.2, 0.25) is 0 Å². The van der Waals surface area contributed by atoms with Crippen molar-refractivity contribution in [1.82, 2.24) is 15.0 Å². The van der Waals surface area contributed by atoms with E-state index < -0.39 is 0 Å². The summed E-state index contributed by atoms with van der Waals surface area (Å²) >= 11 is 0. The summed E-state index contributed by atoms with van der Waals surface area (Å²) in [6.45, 7) is 9.82. The van der Waals surface area contributed by atoms with E-state index in [4.69, 9.17) is 14.0 Å². The first kappa shape index (κ1) is 20.7. The molecule has 2 aromatic rings. The quantitative estimate of drug-likeness (QED) is 0.765. The third-order valence-electron chi connectivity index (χ3n) is 5.14. The molecule has 0 spiro atoms.